The Balaban J connectivity index is 1.38. The monoisotopic (exact) mass is 617 g/mol. The molecular formula is C29H32ClN3O6S2. The molecule has 2 fully saturated rings. The number of halogens is 1. The number of amides is 1. The minimum atomic E-state index is -4.22. The molecule has 218 valence electrons. The van der Waals surface area contributed by atoms with Gasteiger partial charge in [0.2, 0.25) is 0 Å². The summed E-state index contributed by atoms with van der Waals surface area (Å²) in [7, 11) is -2.23. The zero-order valence-corrected chi connectivity index (χ0v) is 25.0. The molecule has 2 aliphatic rings. The molecule has 0 unspecified atom stereocenters. The first kappa shape index (κ1) is 29.5. The number of nitrogens with zero attached hydrogens (tertiary/aromatic N) is 3. The molecular weight excluding hydrogens is 586 g/mol. The molecule has 2 aromatic carbocycles. The SMILES string of the molecule is CN1CCN(C(=O)OCCCN([C@]2(C(=O)O)C[C@H]2c2ccccc2)S(=O)(=O)c2ccc(-c3ccc(Cl)cc3)s2)CC1. The first-order valence-electron chi connectivity index (χ1n) is 13.4. The topological polar surface area (TPSA) is 107 Å². The third-order valence-corrected chi connectivity index (χ3v) is 11.5. The molecule has 0 radical (unpaired) electrons. The second-order valence-electron chi connectivity index (χ2n) is 10.4. The normalized spacial score (nSPS) is 21.1. The van der Waals surface area contributed by atoms with Crippen LogP contribution in [0.1, 0.15) is 24.3 Å². The largest absolute Gasteiger partial charge is 0.480 e. The third kappa shape index (κ3) is 6.14. The highest BCUT2D eigenvalue weighted by atomic mass is 35.5. The van der Waals surface area contributed by atoms with Crippen LogP contribution in [-0.4, -0.2) is 91.6 Å². The number of sulfonamides is 1. The Bertz CT molecular complexity index is 1490. The molecule has 1 saturated heterocycles. The molecule has 1 amide bonds. The maximum absolute atomic E-state index is 14.1. The number of benzene rings is 2. The summed E-state index contributed by atoms with van der Waals surface area (Å²) in [5.74, 6) is -1.70. The van der Waals surface area contributed by atoms with Crippen molar-refractivity contribution in [1.82, 2.24) is 14.1 Å². The van der Waals surface area contributed by atoms with Gasteiger partial charge < -0.3 is 19.6 Å². The standard InChI is InChI=1S/C29H32ClN3O6S2/c1-31-15-17-32(18-16-31)28(36)39-19-5-14-33(29(27(34)35)20-24(29)21-6-3-2-4-7-21)41(37,38)26-13-12-25(40-26)22-8-10-23(30)11-9-22/h2-4,6-13,24H,5,14-20H2,1H3,(H,34,35)/t24-,29+/m0/s1. The second kappa shape index (κ2) is 12.1. The number of carbonyl (C=O) groups excluding carboxylic acids is 1. The Labute approximate surface area is 248 Å². The maximum atomic E-state index is 14.1. The van der Waals surface area contributed by atoms with E-state index in [4.69, 9.17) is 16.3 Å². The lowest BCUT2D eigenvalue weighted by Crippen LogP contribution is -2.49. The summed E-state index contributed by atoms with van der Waals surface area (Å²) >= 11 is 7.09. The van der Waals surface area contributed by atoms with Gasteiger partial charge in [-0.15, -0.1) is 11.3 Å². The van der Waals surface area contributed by atoms with Crippen molar-refractivity contribution in [3.8, 4) is 10.4 Å². The van der Waals surface area contributed by atoms with Gasteiger partial charge in [-0.25, -0.2) is 13.2 Å². The molecule has 5 rings (SSSR count). The highest BCUT2D eigenvalue weighted by Crippen LogP contribution is 2.57. The number of likely N-dealkylation sites (N-methyl/N-ethyl adjacent to an activating group) is 1. The highest BCUT2D eigenvalue weighted by Gasteiger charge is 2.67. The first-order chi connectivity index (χ1) is 19.6. The van der Waals surface area contributed by atoms with Gasteiger partial charge in [0, 0.05) is 48.5 Å². The lowest BCUT2D eigenvalue weighted by Gasteiger charge is -2.32. The molecule has 1 saturated carbocycles. The van der Waals surface area contributed by atoms with Gasteiger partial charge in [0.15, 0.2) is 0 Å². The van der Waals surface area contributed by atoms with Gasteiger partial charge in [0.05, 0.1) is 6.61 Å². The molecule has 1 aliphatic heterocycles. The molecule has 9 nitrogen and oxygen atoms in total. The minimum absolute atomic E-state index is 0.0244. The van der Waals surface area contributed by atoms with Gasteiger partial charge in [-0.3, -0.25) is 4.79 Å². The smallest absolute Gasteiger partial charge is 0.409 e. The fraction of sp³-hybridized carbons (Fsp3) is 0.379. The van der Waals surface area contributed by atoms with Crippen LogP contribution in [0.15, 0.2) is 70.9 Å². The van der Waals surface area contributed by atoms with Crippen LogP contribution in [0.25, 0.3) is 10.4 Å². The summed E-state index contributed by atoms with van der Waals surface area (Å²) in [4.78, 5) is 29.8. The maximum Gasteiger partial charge on any atom is 0.409 e. The third-order valence-electron chi connectivity index (χ3n) is 7.70. The fourth-order valence-corrected chi connectivity index (χ4v) is 8.63. The Morgan fingerprint density at radius 2 is 1.73 bits per heavy atom. The van der Waals surface area contributed by atoms with E-state index in [0.29, 0.717) is 18.1 Å². The Morgan fingerprint density at radius 3 is 2.39 bits per heavy atom. The van der Waals surface area contributed by atoms with Crippen LogP contribution in [0.3, 0.4) is 0 Å². The van der Waals surface area contributed by atoms with Crippen LogP contribution in [0.5, 0.6) is 0 Å². The van der Waals surface area contributed by atoms with E-state index in [1.54, 1.807) is 23.1 Å². The van der Waals surface area contributed by atoms with E-state index in [1.807, 2.05) is 49.5 Å². The summed E-state index contributed by atoms with van der Waals surface area (Å²) in [5, 5.41) is 11.0. The summed E-state index contributed by atoms with van der Waals surface area (Å²) in [6.07, 6.45) is -0.132. The van der Waals surface area contributed by atoms with Crippen molar-refractivity contribution in [2.45, 2.75) is 28.5 Å². The number of ether oxygens (including phenoxy) is 1. The summed E-state index contributed by atoms with van der Waals surface area (Å²) in [5.41, 5.74) is -0.0547. The molecule has 0 spiro atoms. The van der Waals surface area contributed by atoms with Crippen LogP contribution in [0.4, 0.5) is 4.79 Å². The van der Waals surface area contributed by atoms with E-state index < -0.39 is 33.5 Å². The molecule has 1 N–H and O–H groups in total. The number of hydrogen-bond donors (Lipinski definition) is 1. The van der Waals surface area contributed by atoms with Crippen molar-refractivity contribution in [3.05, 3.63) is 77.3 Å². The van der Waals surface area contributed by atoms with E-state index in [0.717, 1.165) is 44.7 Å². The van der Waals surface area contributed by atoms with E-state index in [1.165, 1.54) is 6.07 Å². The van der Waals surface area contributed by atoms with Gasteiger partial charge in [-0.1, -0.05) is 54.1 Å². The minimum Gasteiger partial charge on any atom is -0.480 e. The average molecular weight is 618 g/mol. The Morgan fingerprint density at radius 1 is 1.05 bits per heavy atom. The zero-order chi connectivity index (χ0) is 29.2. The number of thiophene rings is 1. The molecule has 2 heterocycles. The van der Waals surface area contributed by atoms with E-state index >= 15 is 0 Å². The van der Waals surface area contributed by atoms with Gasteiger partial charge in [-0.2, -0.15) is 4.31 Å². The predicted octanol–water partition coefficient (Wildman–Crippen LogP) is 4.84. The van der Waals surface area contributed by atoms with Crippen molar-refractivity contribution < 1.29 is 27.9 Å². The molecule has 3 aromatic rings. The van der Waals surface area contributed by atoms with Crippen LogP contribution in [-0.2, 0) is 19.6 Å². The van der Waals surface area contributed by atoms with Crippen LogP contribution in [0.2, 0.25) is 5.02 Å². The quantitative estimate of drug-likeness (QED) is 0.324. The zero-order valence-electron chi connectivity index (χ0n) is 22.6. The van der Waals surface area contributed by atoms with E-state index in [2.05, 4.69) is 4.90 Å². The van der Waals surface area contributed by atoms with Gasteiger partial charge in [0.1, 0.15) is 9.75 Å². The number of piperazine rings is 1. The number of hydrogen-bond acceptors (Lipinski definition) is 7. The van der Waals surface area contributed by atoms with Crippen molar-refractivity contribution in [1.29, 1.82) is 0 Å². The first-order valence-corrected chi connectivity index (χ1v) is 16.0. The van der Waals surface area contributed by atoms with Gasteiger partial charge in [-0.05, 0) is 55.3 Å². The predicted molar refractivity (Wildman–Crippen MR) is 158 cm³/mol. The molecule has 1 aromatic heterocycles. The number of aliphatic carboxylic acids is 1. The number of rotatable bonds is 10. The van der Waals surface area contributed by atoms with Crippen molar-refractivity contribution >= 4 is 45.0 Å². The fourth-order valence-electron chi connectivity index (χ4n) is 5.27. The Hall–Kier alpha value is -2.96. The molecule has 41 heavy (non-hydrogen) atoms. The van der Waals surface area contributed by atoms with Gasteiger partial charge >= 0.3 is 12.1 Å². The highest BCUT2D eigenvalue weighted by molar-refractivity contribution is 7.91. The molecule has 0 bridgehead atoms. The van der Waals surface area contributed by atoms with Crippen LogP contribution >= 0.6 is 22.9 Å². The van der Waals surface area contributed by atoms with E-state index in [9.17, 15) is 23.1 Å². The number of carboxylic acid groups (broad SMARTS) is 1. The van der Waals surface area contributed by atoms with Crippen LogP contribution < -0.4 is 0 Å². The summed E-state index contributed by atoms with van der Waals surface area (Å²) < 4.78 is 34.9. The lowest BCUT2D eigenvalue weighted by molar-refractivity contribution is -0.143. The summed E-state index contributed by atoms with van der Waals surface area (Å²) in [6, 6.07) is 19.4. The Kier molecular flexibility index (Phi) is 8.72. The van der Waals surface area contributed by atoms with Crippen molar-refractivity contribution in [2.24, 2.45) is 0 Å². The lowest BCUT2D eigenvalue weighted by atomic mass is 10.1. The summed E-state index contributed by atoms with van der Waals surface area (Å²) in [6.45, 7) is 2.49. The van der Waals surface area contributed by atoms with Gasteiger partial charge in [0.25, 0.3) is 10.0 Å². The molecule has 2 atom stereocenters. The van der Waals surface area contributed by atoms with Crippen molar-refractivity contribution in [3.63, 3.8) is 0 Å². The molecule has 1 aliphatic carbocycles. The van der Waals surface area contributed by atoms with Crippen LogP contribution in [0, 0.1) is 0 Å². The second-order valence-corrected chi connectivity index (χ2v) is 14.0. The van der Waals surface area contributed by atoms with E-state index in [-0.39, 0.29) is 30.2 Å². The molecule has 12 heteroatoms. The number of carbonyl (C=O) groups is 2. The average Bonchev–Trinajstić information content (AvgIpc) is 3.51. The number of carboxylic acids is 1. The van der Waals surface area contributed by atoms with Crippen molar-refractivity contribution in [2.75, 3.05) is 46.4 Å².